The van der Waals surface area contributed by atoms with E-state index >= 15 is 0 Å². The highest BCUT2D eigenvalue weighted by Gasteiger charge is 2.28. The number of hydrogen-bond acceptors (Lipinski definition) is 3. The van der Waals surface area contributed by atoms with Crippen molar-refractivity contribution in [2.24, 2.45) is 0 Å². The van der Waals surface area contributed by atoms with E-state index in [0.717, 1.165) is 4.90 Å². The molecule has 5 nitrogen and oxygen atoms in total. The van der Waals surface area contributed by atoms with Gasteiger partial charge in [-0.05, 0) is 24.1 Å². The van der Waals surface area contributed by atoms with Crippen LogP contribution in [0.15, 0.2) is 18.2 Å². The van der Waals surface area contributed by atoms with Crippen LogP contribution >= 0.6 is 0 Å². The van der Waals surface area contributed by atoms with E-state index in [-0.39, 0.29) is 55.9 Å². The molecule has 1 aromatic carbocycles. The average Bonchev–Trinajstić information content (AvgIpc) is 2.77. The average molecular weight is 292 g/mol. The van der Waals surface area contributed by atoms with Crippen LogP contribution in [0.2, 0.25) is 0 Å². The third-order valence-electron chi connectivity index (χ3n) is 3.44. The van der Waals surface area contributed by atoms with E-state index in [9.17, 15) is 18.8 Å². The van der Waals surface area contributed by atoms with E-state index in [1.165, 1.54) is 6.07 Å². The molecule has 1 fully saturated rings. The van der Waals surface area contributed by atoms with Crippen molar-refractivity contribution in [2.45, 2.75) is 32.7 Å². The van der Waals surface area contributed by atoms with E-state index < -0.39 is 0 Å². The number of carbonyl (C=O) groups excluding carboxylic acids is 3. The van der Waals surface area contributed by atoms with Gasteiger partial charge in [-0.15, -0.1) is 0 Å². The third-order valence-corrected chi connectivity index (χ3v) is 3.44. The van der Waals surface area contributed by atoms with Crippen LogP contribution in [0.3, 0.4) is 0 Å². The minimum atomic E-state index is -0.310. The van der Waals surface area contributed by atoms with Crippen molar-refractivity contribution < 1.29 is 18.8 Å². The van der Waals surface area contributed by atoms with Crippen LogP contribution < -0.4 is 5.32 Å². The first kappa shape index (κ1) is 15.2. The topological polar surface area (TPSA) is 66.5 Å². The Balaban J connectivity index is 1.78. The fourth-order valence-electron chi connectivity index (χ4n) is 2.12. The van der Waals surface area contributed by atoms with Gasteiger partial charge in [0.15, 0.2) is 0 Å². The Morgan fingerprint density at radius 2 is 1.95 bits per heavy atom. The largest absolute Gasteiger partial charge is 0.352 e. The van der Waals surface area contributed by atoms with Gasteiger partial charge < -0.3 is 5.32 Å². The van der Waals surface area contributed by atoms with Crippen molar-refractivity contribution in [1.82, 2.24) is 10.2 Å². The Morgan fingerprint density at radius 1 is 1.29 bits per heavy atom. The van der Waals surface area contributed by atoms with Gasteiger partial charge in [-0.1, -0.05) is 12.1 Å². The molecule has 0 aromatic heterocycles. The summed E-state index contributed by atoms with van der Waals surface area (Å²) in [5.74, 6) is -1.04. The molecule has 1 aromatic rings. The summed E-state index contributed by atoms with van der Waals surface area (Å²) in [4.78, 5) is 35.6. The molecular weight excluding hydrogens is 275 g/mol. The molecule has 21 heavy (non-hydrogen) atoms. The van der Waals surface area contributed by atoms with E-state index in [0.29, 0.717) is 11.1 Å². The molecule has 1 N–H and O–H groups in total. The second kappa shape index (κ2) is 6.47. The minimum Gasteiger partial charge on any atom is -0.352 e. The van der Waals surface area contributed by atoms with Gasteiger partial charge in [-0.3, -0.25) is 19.3 Å². The van der Waals surface area contributed by atoms with Gasteiger partial charge in [0.05, 0.1) is 0 Å². The Kier molecular flexibility index (Phi) is 4.67. The molecule has 0 aliphatic carbocycles. The van der Waals surface area contributed by atoms with Gasteiger partial charge in [0.1, 0.15) is 5.82 Å². The van der Waals surface area contributed by atoms with E-state index in [1.807, 2.05) is 0 Å². The van der Waals surface area contributed by atoms with Gasteiger partial charge in [0.25, 0.3) is 0 Å². The summed E-state index contributed by atoms with van der Waals surface area (Å²) in [5.41, 5.74) is 1.22. The first-order valence-corrected chi connectivity index (χ1v) is 6.82. The Hall–Kier alpha value is -2.24. The Labute approximate surface area is 122 Å². The third kappa shape index (κ3) is 3.87. The molecule has 0 atom stereocenters. The summed E-state index contributed by atoms with van der Waals surface area (Å²) in [6.45, 7) is 1.99. The van der Waals surface area contributed by atoms with Crippen molar-refractivity contribution in [3.8, 4) is 0 Å². The van der Waals surface area contributed by atoms with Gasteiger partial charge >= 0.3 is 0 Å². The predicted octanol–water partition coefficient (Wildman–Crippen LogP) is 1.29. The summed E-state index contributed by atoms with van der Waals surface area (Å²) in [7, 11) is 0. The summed E-state index contributed by atoms with van der Waals surface area (Å²) in [6, 6.07) is 4.77. The molecule has 1 aliphatic heterocycles. The Bertz CT molecular complexity index is 570. The van der Waals surface area contributed by atoms with Gasteiger partial charge in [0.2, 0.25) is 17.7 Å². The van der Waals surface area contributed by atoms with Crippen molar-refractivity contribution in [1.29, 1.82) is 0 Å². The number of imide groups is 1. The molecule has 0 unspecified atom stereocenters. The first-order valence-electron chi connectivity index (χ1n) is 6.82. The number of amides is 3. The number of rotatable bonds is 5. The summed E-state index contributed by atoms with van der Waals surface area (Å²) in [6.07, 6.45) is 0.512. The molecule has 112 valence electrons. The van der Waals surface area contributed by atoms with Crippen LogP contribution in [0.25, 0.3) is 0 Å². The molecule has 1 saturated heterocycles. The maximum absolute atomic E-state index is 13.3. The van der Waals surface area contributed by atoms with Crippen LogP contribution in [0, 0.1) is 12.7 Å². The maximum Gasteiger partial charge on any atom is 0.229 e. The van der Waals surface area contributed by atoms with Crippen LogP contribution in [0.1, 0.15) is 30.4 Å². The lowest BCUT2D eigenvalue weighted by Gasteiger charge is -2.13. The SMILES string of the molecule is Cc1ccc(CNC(=O)CCN2C(=O)CCC2=O)cc1F. The number of halogens is 1. The second-order valence-electron chi connectivity index (χ2n) is 5.05. The van der Waals surface area contributed by atoms with Gasteiger partial charge in [0, 0.05) is 32.4 Å². The lowest BCUT2D eigenvalue weighted by atomic mass is 10.1. The highest BCUT2D eigenvalue weighted by molar-refractivity contribution is 6.02. The number of benzene rings is 1. The standard InChI is InChI=1S/C15H17FN2O3/c1-10-2-3-11(8-12(10)16)9-17-13(19)6-7-18-14(20)4-5-15(18)21/h2-3,8H,4-7,9H2,1H3,(H,17,19). The quantitative estimate of drug-likeness (QED) is 0.832. The summed E-state index contributed by atoms with van der Waals surface area (Å²) in [5, 5.41) is 2.64. The number of aryl methyl sites for hydroxylation is 1. The van der Waals surface area contributed by atoms with Crippen molar-refractivity contribution in [2.75, 3.05) is 6.54 Å². The lowest BCUT2D eigenvalue weighted by Crippen LogP contribution is -2.34. The van der Waals surface area contributed by atoms with Crippen molar-refractivity contribution in [3.63, 3.8) is 0 Å². The van der Waals surface area contributed by atoms with Crippen molar-refractivity contribution in [3.05, 3.63) is 35.1 Å². The van der Waals surface area contributed by atoms with Gasteiger partial charge in [-0.2, -0.15) is 0 Å². The van der Waals surface area contributed by atoms with Gasteiger partial charge in [-0.25, -0.2) is 4.39 Å². The van der Waals surface area contributed by atoms with Crippen LogP contribution in [0.4, 0.5) is 4.39 Å². The molecule has 1 aliphatic rings. The zero-order valence-corrected chi connectivity index (χ0v) is 11.8. The summed E-state index contributed by atoms with van der Waals surface area (Å²) < 4.78 is 13.3. The molecule has 1 heterocycles. The molecule has 3 amide bonds. The minimum absolute atomic E-state index is 0.0613. The Morgan fingerprint density at radius 3 is 2.57 bits per heavy atom. The molecule has 0 saturated carbocycles. The zero-order chi connectivity index (χ0) is 15.4. The molecule has 2 rings (SSSR count). The number of hydrogen-bond donors (Lipinski definition) is 1. The van der Waals surface area contributed by atoms with E-state index in [1.54, 1.807) is 19.1 Å². The fourth-order valence-corrected chi connectivity index (χ4v) is 2.12. The zero-order valence-electron chi connectivity index (χ0n) is 11.8. The van der Waals surface area contributed by atoms with Crippen LogP contribution in [-0.2, 0) is 20.9 Å². The number of nitrogens with one attached hydrogen (secondary N) is 1. The molecule has 0 spiro atoms. The molecule has 0 radical (unpaired) electrons. The van der Waals surface area contributed by atoms with E-state index in [2.05, 4.69) is 5.32 Å². The number of carbonyl (C=O) groups is 3. The lowest BCUT2D eigenvalue weighted by molar-refractivity contribution is -0.138. The molecule has 6 heteroatoms. The first-order chi connectivity index (χ1) is 9.97. The van der Waals surface area contributed by atoms with Crippen LogP contribution in [-0.4, -0.2) is 29.2 Å². The maximum atomic E-state index is 13.3. The normalized spacial score (nSPS) is 14.7. The highest BCUT2D eigenvalue weighted by atomic mass is 19.1. The molecule has 0 bridgehead atoms. The summed E-state index contributed by atoms with van der Waals surface area (Å²) >= 11 is 0. The monoisotopic (exact) mass is 292 g/mol. The number of nitrogens with zero attached hydrogens (tertiary/aromatic N) is 1. The predicted molar refractivity (Wildman–Crippen MR) is 73.6 cm³/mol. The second-order valence-corrected chi connectivity index (χ2v) is 5.05. The van der Waals surface area contributed by atoms with Crippen LogP contribution in [0.5, 0.6) is 0 Å². The highest BCUT2D eigenvalue weighted by Crippen LogP contribution is 2.12. The van der Waals surface area contributed by atoms with Crippen molar-refractivity contribution >= 4 is 17.7 Å². The fraction of sp³-hybridized carbons (Fsp3) is 0.400. The van der Waals surface area contributed by atoms with E-state index in [4.69, 9.17) is 0 Å². The number of likely N-dealkylation sites (tertiary alicyclic amines) is 1. The smallest absolute Gasteiger partial charge is 0.229 e. The molecular formula is C15H17FN2O3.